The number of halogens is 3. The number of Topliss-reactive ketones (excluding diaryl/α,β-unsaturated/α-hetero) is 1. The van der Waals surface area contributed by atoms with Crippen molar-refractivity contribution in [2.45, 2.75) is 12.5 Å². The van der Waals surface area contributed by atoms with Gasteiger partial charge in [0.2, 0.25) is 0 Å². The van der Waals surface area contributed by atoms with E-state index in [2.05, 4.69) is 5.32 Å². The van der Waals surface area contributed by atoms with Crippen LogP contribution in [0.4, 0.5) is 0 Å². The summed E-state index contributed by atoms with van der Waals surface area (Å²) in [6.07, 6.45) is 1.71. The van der Waals surface area contributed by atoms with Gasteiger partial charge in [0.1, 0.15) is 0 Å². The molecule has 8 heteroatoms. The van der Waals surface area contributed by atoms with Gasteiger partial charge in [0.15, 0.2) is 11.8 Å². The number of ketones is 1. The molecule has 0 saturated heterocycles. The highest BCUT2D eigenvalue weighted by molar-refractivity contribution is 6.35. The van der Waals surface area contributed by atoms with Crippen LogP contribution in [0.15, 0.2) is 71.7 Å². The molecule has 3 rings (SSSR count). The van der Waals surface area contributed by atoms with Gasteiger partial charge in [-0.15, -0.1) is 0 Å². The van der Waals surface area contributed by atoms with Gasteiger partial charge in [0.25, 0.3) is 11.5 Å². The maximum atomic E-state index is 13.1. The van der Waals surface area contributed by atoms with Crippen LogP contribution < -0.4 is 10.9 Å². The van der Waals surface area contributed by atoms with Crippen LogP contribution in [0.3, 0.4) is 0 Å². The topological polar surface area (TPSA) is 68.2 Å². The van der Waals surface area contributed by atoms with Crippen molar-refractivity contribution in [1.29, 1.82) is 0 Å². The highest BCUT2D eigenvalue weighted by Gasteiger charge is 2.30. The fourth-order valence-corrected chi connectivity index (χ4v) is 3.62. The first kappa shape index (κ1) is 22.1. The zero-order valence-corrected chi connectivity index (χ0v) is 17.9. The third kappa shape index (κ3) is 5.30. The van der Waals surface area contributed by atoms with Crippen molar-refractivity contribution in [3.8, 4) is 0 Å². The molecule has 0 radical (unpaired) electrons. The third-order valence-electron chi connectivity index (χ3n) is 4.44. The van der Waals surface area contributed by atoms with Crippen LogP contribution in [0.1, 0.15) is 22.0 Å². The lowest BCUT2D eigenvalue weighted by molar-refractivity contribution is -0.123. The van der Waals surface area contributed by atoms with E-state index in [0.29, 0.717) is 22.0 Å². The first-order valence-electron chi connectivity index (χ1n) is 9.05. The van der Waals surface area contributed by atoms with Gasteiger partial charge in [-0.05, 0) is 30.2 Å². The summed E-state index contributed by atoms with van der Waals surface area (Å²) in [6.45, 7) is 0.216. The SMILES string of the molecule is O=C(NCCc1ccc(Cl)cc1Cl)C(C(=O)c1ccccc1)n1cc(Cl)ccc1=O. The molecule has 1 heterocycles. The van der Waals surface area contributed by atoms with Gasteiger partial charge in [0, 0.05) is 34.4 Å². The molecule has 1 unspecified atom stereocenters. The van der Waals surface area contributed by atoms with E-state index in [1.165, 1.54) is 18.3 Å². The molecular weight excluding hydrogens is 447 g/mol. The van der Waals surface area contributed by atoms with Crippen molar-refractivity contribution in [2.24, 2.45) is 0 Å². The number of pyridine rings is 1. The second-order valence-corrected chi connectivity index (χ2v) is 7.78. The number of nitrogens with zero attached hydrogens (tertiary/aromatic N) is 1. The fourth-order valence-electron chi connectivity index (χ4n) is 2.95. The molecule has 30 heavy (non-hydrogen) atoms. The number of hydrogen-bond donors (Lipinski definition) is 1. The van der Waals surface area contributed by atoms with E-state index >= 15 is 0 Å². The quantitative estimate of drug-likeness (QED) is 0.411. The number of amides is 1. The van der Waals surface area contributed by atoms with Gasteiger partial charge in [0.05, 0.1) is 5.02 Å². The Balaban J connectivity index is 1.84. The Morgan fingerprint density at radius 1 is 0.933 bits per heavy atom. The largest absolute Gasteiger partial charge is 0.354 e. The Labute approximate surface area is 188 Å². The van der Waals surface area contributed by atoms with Crippen LogP contribution in [0.5, 0.6) is 0 Å². The highest BCUT2D eigenvalue weighted by Crippen LogP contribution is 2.21. The molecule has 5 nitrogen and oxygen atoms in total. The molecule has 3 aromatic rings. The van der Waals surface area contributed by atoms with Crippen molar-refractivity contribution in [1.82, 2.24) is 9.88 Å². The lowest BCUT2D eigenvalue weighted by atomic mass is 10.0. The molecule has 1 N–H and O–H groups in total. The van der Waals surface area contributed by atoms with Crippen LogP contribution in [0, 0.1) is 0 Å². The standard InChI is InChI=1S/C22H17Cl3N2O3/c23-16-7-6-14(18(25)12-16)10-11-26-22(30)20(21(29)15-4-2-1-3-5-15)27-13-17(24)8-9-19(27)28/h1-9,12-13,20H,10-11H2,(H,26,30). The molecule has 1 aromatic heterocycles. The van der Waals surface area contributed by atoms with E-state index < -0.39 is 23.3 Å². The minimum atomic E-state index is -1.39. The van der Waals surface area contributed by atoms with E-state index in [0.717, 1.165) is 10.1 Å². The maximum absolute atomic E-state index is 13.1. The summed E-state index contributed by atoms with van der Waals surface area (Å²) in [5.74, 6) is -1.12. The summed E-state index contributed by atoms with van der Waals surface area (Å²) in [7, 11) is 0. The molecule has 0 bridgehead atoms. The monoisotopic (exact) mass is 462 g/mol. The number of aromatic nitrogens is 1. The van der Waals surface area contributed by atoms with Gasteiger partial charge in [-0.3, -0.25) is 19.0 Å². The molecule has 0 aliphatic rings. The van der Waals surface area contributed by atoms with Gasteiger partial charge in [-0.25, -0.2) is 0 Å². The zero-order chi connectivity index (χ0) is 21.7. The average molecular weight is 464 g/mol. The van der Waals surface area contributed by atoms with Crippen molar-refractivity contribution in [2.75, 3.05) is 6.54 Å². The summed E-state index contributed by atoms with van der Waals surface area (Å²) in [5, 5.41) is 3.95. The number of carbonyl (C=O) groups excluding carboxylic acids is 2. The second kappa shape index (κ2) is 9.94. The Kier molecular flexibility index (Phi) is 7.32. The van der Waals surface area contributed by atoms with Crippen LogP contribution in [0.2, 0.25) is 15.1 Å². The lowest BCUT2D eigenvalue weighted by Crippen LogP contribution is -2.41. The third-order valence-corrected chi connectivity index (χ3v) is 5.25. The summed E-state index contributed by atoms with van der Waals surface area (Å²) >= 11 is 18.1. The number of benzene rings is 2. The average Bonchev–Trinajstić information content (AvgIpc) is 2.73. The summed E-state index contributed by atoms with van der Waals surface area (Å²) in [4.78, 5) is 38.4. The number of rotatable bonds is 7. The van der Waals surface area contributed by atoms with Crippen LogP contribution >= 0.6 is 34.8 Å². The molecule has 2 aromatic carbocycles. The first-order chi connectivity index (χ1) is 14.4. The van der Waals surface area contributed by atoms with Crippen LogP contribution in [-0.4, -0.2) is 22.8 Å². The number of carbonyl (C=O) groups is 2. The van der Waals surface area contributed by atoms with Crippen LogP contribution in [-0.2, 0) is 11.2 Å². The summed E-state index contributed by atoms with van der Waals surface area (Å²) in [5.41, 5.74) is 0.599. The molecule has 0 aliphatic heterocycles. The summed E-state index contributed by atoms with van der Waals surface area (Å²) in [6, 6.07) is 14.6. The van der Waals surface area contributed by atoms with Crippen molar-refractivity contribution >= 4 is 46.5 Å². The second-order valence-electron chi connectivity index (χ2n) is 6.50. The van der Waals surface area contributed by atoms with Crippen LogP contribution in [0.25, 0.3) is 0 Å². The molecule has 0 fully saturated rings. The Morgan fingerprint density at radius 2 is 1.63 bits per heavy atom. The minimum Gasteiger partial charge on any atom is -0.354 e. The lowest BCUT2D eigenvalue weighted by Gasteiger charge is -2.19. The van der Waals surface area contributed by atoms with Crippen molar-refractivity contribution in [3.63, 3.8) is 0 Å². The van der Waals surface area contributed by atoms with E-state index in [4.69, 9.17) is 34.8 Å². The molecule has 0 saturated carbocycles. The van der Waals surface area contributed by atoms with Gasteiger partial charge >= 0.3 is 0 Å². The molecule has 1 amide bonds. The molecule has 1 atom stereocenters. The Morgan fingerprint density at radius 3 is 2.33 bits per heavy atom. The smallest absolute Gasteiger partial charge is 0.251 e. The molecular formula is C22H17Cl3N2O3. The van der Waals surface area contributed by atoms with Crippen molar-refractivity contribution in [3.05, 3.63) is 103 Å². The molecule has 0 spiro atoms. The maximum Gasteiger partial charge on any atom is 0.251 e. The normalized spacial score (nSPS) is 11.7. The predicted molar refractivity (Wildman–Crippen MR) is 119 cm³/mol. The predicted octanol–water partition coefficient (Wildman–Crippen LogP) is 4.59. The molecule has 154 valence electrons. The minimum absolute atomic E-state index is 0.216. The van der Waals surface area contributed by atoms with Gasteiger partial charge in [-0.1, -0.05) is 71.2 Å². The number of nitrogens with one attached hydrogen (secondary N) is 1. The van der Waals surface area contributed by atoms with E-state index in [1.807, 2.05) is 0 Å². The van der Waals surface area contributed by atoms with Crippen molar-refractivity contribution < 1.29 is 9.59 Å². The first-order valence-corrected chi connectivity index (χ1v) is 10.2. The van der Waals surface area contributed by atoms with Gasteiger partial charge in [-0.2, -0.15) is 0 Å². The van der Waals surface area contributed by atoms with E-state index in [9.17, 15) is 14.4 Å². The van der Waals surface area contributed by atoms with E-state index in [1.54, 1.807) is 48.5 Å². The number of hydrogen-bond acceptors (Lipinski definition) is 3. The Bertz CT molecular complexity index is 1130. The zero-order valence-electron chi connectivity index (χ0n) is 15.6. The molecule has 0 aliphatic carbocycles. The highest BCUT2D eigenvalue weighted by atomic mass is 35.5. The Hall–Kier alpha value is -2.60. The summed E-state index contributed by atoms with van der Waals surface area (Å²) < 4.78 is 1.04. The van der Waals surface area contributed by atoms with E-state index in [-0.39, 0.29) is 11.6 Å². The fraction of sp³-hybridized carbons (Fsp3) is 0.136. The van der Waals surface area contributed by atoms with Gasteiger partial charge < -0.3 is 5.32 Å².